The predicted octanol–water partition coefficient (Wildman–Crippen LogP) is 2.29. The first-order valence-electron chi connectivity index (χ1n) is 10.6. The maximum absolute atomic E-state index is 12.7. The highest BCUT2D eigenvalue weighted by atomic mass is 16.7. The van der Waals surface area contributed by atoms with E-state index in [1.54, 1.807) is 60.7 Å². The first-order chi connectivity index (χ1) is 16.4. The molecule has 5 atom stereocenters. The molecule has 1 N–H and O–H groups in total. The number of ether oxygens (including phenoxy) is 5. The van der Waals surface area contributed by atoms with Crippen molar-refractivity contribution < 1.29 is 43.2 Å². The smallest absolute Gasteiger partial charge is 0.338 e. The summed E-state index contributed by atoms with van der Waals surface area (Å²) in [6, 6.07) is 16.4. The molecule has 1 aliphatic rings. The third-order valence-electron chi connectivity index (χ3n) is 4.94. The molecule has 180 valence electrons. The molecule has 0 radical (unpaired) electrons. The van der Waals surface area contributed by atoms with Crippen LogP contribution in [0, 0.1) is 0 Å². The van der Waals surface area contributed by atoms with Gasteiger partial charge >= 0.3 is 17.9 Å². The quantitative estimate of drug-likeness (QED) is 0.335. The van der Waals surface area contributed by atoms with Crippen LogP contribution in [0.1, 0.15) is 27.6 Å². The summed E-state index contributed by atoms with van der Waals surface area (Å²) >= 11 is 0. The molecular formula is C25H26O9. The maximum atomic E-state index is 12.7. The summed E-state index contributed by atoms with van der Waals surface area (Å²) in [5, 5.41) is 11.0. The van der Waals surface area contributed by atoms with Gasteiger partial charge in [-0.1, -0.05) is 42.5 Å². The summed E-state index contributed by atoms with van der Waals surface area (Å²) in [4.78, 5) is 36.8. The zero-order valence-corrected chi connectivity index (χ0v) is 18.6. The maximum Gasteiger partial charge on any atom is 0.338 e. The van der Waals surface area contributed by atoms with E-state index in [2.05, 4.69) is 6.58 Å². The normalized spacial score (nSPS) is 24.0. The van der Waals surface area contributed by atoms with Crippen molar-refractivity contribution in [3.63, 3.8) is 0 Å². The van der Waals surface area contributed by atoms with E-state index in [-0.39, 0.29) is 18.8 Å². The van der Waals surface area contributed by atoms with Crippen LogP contribution in [0.3, 0.4) is 0 Å². The van der Waals surface area contributed by atoms with Gasteiger partial charge in [0.05, 0.1) is 17.7 Å². The van der Waals surface area contributed by atoms with Crippen molar-refractivity contribution in [1.82, 2.24) is 0 Å². The number of carbonyl (C=O) groups is 3. The molecule has 0 unspecified atom stereocenters. The Bertz CT molecular complexity index is 976. The summed E-state index contributed by atoms with van der Waals surface area (Å²) in [5.41, 5.74) is 0.551. The van der Waals surface area contributed by atoms with Crippen LogP contribution in [0.5, 0.6) is 0 Å². The largest absolute Gasteiger partial charge is 0.459 e. The molecule has 0 spiro atoms. The van der Waals surface area contributed by atoms with Crippen molar-refractivity contribution in [2.75, 3.05) is 13.2 Å². The van der Waals surface area contributed by atoms with Crippen molar-refractivity contribution in [3.8, 4) is 0 Å². The summed E-state index contributed by atoms with van der Waals surface area (Å²) in [6.07, 6.45) is -5.04. The van der Waals surface area contributed by atoms with E-state index in [1.807, 2.05) is 0 Å². The minimum absolute atomic E-state index is 0.0222. The van der Waals surface area contributed by atoms with E-state index >= 15 is 0 Å². The van der Waals surface area contributed by atoms with E-state index < -0.39 is 48.6 Å². The van der Waals surface area contributed by atoms with Gasteiger partial charge in [0.1, 0.15) is 18.8 Å². The summed E-state index contributed by atoms with van der Waals surface area (Å²) in [6.45, 7) is 4.40. The van der Waals surface area contributed by atoms with Gasteiger partial charge in [-0.3, -0.25) is 4.79 Å². The number of hydrogen-bond acceptors (Lipinski definition) is 9. The lowest BCUT2D eigenvalue weighted by atomic mass is 9.98. The summed E-state index contributed by atoms with van der Waals surface area (Å²) in [5.74, 6) is -2.06. The average molecular weight is 470 g/mol. The van der Waals surface area contributed by atoms with Crippen molar-refractivity contribution >= 4 is 17.9 Å². The standard InChI is InChI=1S/C25H26O9/c1-3-14-30-25-22(32-16(2)26)21(34-24(29)18-12-8-5-9-13-18)20(27)19(33-25)15-31-23(28)17-10-6-4-7-11-17/h3-13,19-22,25,27H,1,14-15H2,2H3/t19-,20-,21+,22+,25+/m1/s1. The number of rotatable bonds is 9. The van der Waals surface area contributed by atoms with E-state index in [9.17, 15) is 19.5 Å². The van der Waals surface area contributed by atoms with E-state index in [0.717, 1.165) is 0 Å². The van der Waals surface area contributed by atoms with Gasteiger partial charge in [0.2, 0.25) is 0 Å². The van der Waals surface area contributed by atoms with Crippen LogP contribution in [0.4, 0.5) is 0 Å². The highest BCUT2D eigenvalue weighted by Crippen LogP contribution is 2.28. The fraction of sp³-hybridized carbons (Fsp3) is 0.320. The van der Waals surface area contributed by atoms with Gasteiger partial charge in [0, 0.05) is 6.92 Å². The van der Waals surface area contributed by atoms with Gasteiger partial charge in [-0.15, -0.1) is 6.58 Å². The number of esters is 3. The lowest BCUT2D eigenvalue weighted by Crippen LogP contribution is -2.62. The monoisotopic (exact) mass is 470 g/mol. The van der Waals surface area contributed by atoms with Crippen molar-refractivity contribution in [3.05, 3.63) is 84.4 Å². The Hall–Kier alpha value is -3.53. The molecule has 1 aliphatic heterocycles. The topological polar surface area (TPSA) is 118 Å². The third kappa shape index (κ3) is 6.50. The van der Waals surface area contributed by atoms with Crippen LogP contribution >= 0.6 is 0 Å². The molecule has 1 saturated heterocycles. The fourth-order valence-corrected chi connectivity index (χ4v) is 3.36. The highest BCUT2D eigenvalue weighted by Gasteiger charge is 2.50. The number of hydrogen-bond donors (Lipinski definition) is 1. The van der Waals surface area contributed by atoms with Crippen LogP contribution < -0.4 is 0 Å². The summed E-state index contributed by atoms with van der Waals surface area (Å²) < 4.78 is 27.5. The molecule has 2 aromatic rings. The van der Waals surface area contributed by atoms with E-state index in [4.69, 9.17) is 23.7 Å². The van der Waals surface area contributed by atoms with Gasteiger partial charge in [0.15, 0.2) is 18.5 Å². The zero-order chi connectivity index (χ0) is 24.5. The lowest BCUT2D eigenvalue weighted by molar-refractivity contribution is -0.300. The Kier molecular flexibility index (Phi) is 8.92. The fourth-order valence-electron chi connectivity index (χ4n) is 3.36. The third-order valence-corrected chi connectivity index (χ3v) is 4.94. The van der Waals surface area contributed by atoms with Gasteiger partial charge in [-0.2, -0.15) is 0 Å². The second-order valence-electron chi connectivity index (χ2n) is 7.43. The van der Waals surface area contributed by atoms with Crippen LogP contribution in [-0.4, -0.2) is 66.9 Å². The number of aliphatic hydroxyl groups is 1. The molecule has 1 heterocycles. The molecule has 0 aromatic heterocycles. The van der Waals surface area contributed by atoms with Crippen LogP contribution in [0.15, 0.2) is 73.3 Å². The Balaban J connectivity index is 1.81. The van der Waals surface area contributed by atoms with Gasteiger partial charge < -0.3 is 28.8 Å². The van der Waals surface area contributed by atoms with E-state index in [1.165, 1.54) is 13.0 Å². The van der Waals surface area contributed by atoms with Crippen LogP contribution in [-0.2, 0) is 28.5 Å². The highest BCUT2D eigenvalue weighted by molar-refractivity contribution is 5.90. The minimum Gasteiger partial charge on any atom is -0.459 e. The molecule has 1 fully saturated rings. The minimum atomic E-state index is -1.50. The molecule has 9 nitrogen and oxygen atoms in total. The Morgan fingerprint density at radius 1 is 0.941 bits per heavy atom. The molecule has 3 rings (SSSR count). The van der Waals surface area contributed by atoms with Gasteiger partial charge in [-0.25, -0.2) is 9.59 Å². The molecule has 0 amide bonds. The molecular weight excluding hydrogens is 444 g/mol. The predicted molar refractivity (Wildman–Crippen MR) is 119 cm³/mol. The first-order valence-corrected chi connectivity index (χ1v) is 10.6. The lowest BCUT2D eigenvalue weighted by Gasteiger charge is -2.42. The Morgan fingerprint density at radius 2 is 1.53 bits per heavy atom. The van der Waals surface area contributed by atoms with Gasteiger partial charge in [0.25, 0.3) is 0 Å². The number of benzene rings is 2. The molecule has 0 saturated carbocycles. The van der Waals surface area contributed by atoms with Gasteiger partial charge in [-0.05, 0) is 24.3 Å². The Labute approximate surface area is 196 Å². The van der Waals surface area contributed by atoms with Crippen LogP contribution in [0.25, 0.3) is 0 Å². The number of carbonyl (C=O) groups excluding carboxylic acids is 3. The molecule has 0 bridgehead atoms. The second kappa shape index (κ2) is 12.1. The molecule has 9 heteroatoms. The van der Waals surface area contributed by atoms with Crippen molar-refractivity contribution in [1.29, 1.82) is 0 Å². The second-order valence-corrected chi connectivity index (χ2v) is 7.43. The molecule has 34 heavy (non-hydrogen) atoms. The molecule has 0 aliphatic carbocycles. The summed E-state index contributed by atoms with van der Waals surface area (Å²) in [7, 11) is 0. The first kappa shape index (κ1) is 25.1. The van der Waals surface area contributed by atoms with Crippen LogP contribution in [0.2, 0.25) is 0 Å². The Morgan fingerprint density at radius 3 is 2.09 bits per heavy atom. The number of aliphatic hydroxyl groups excluding tert-OH is 1. The van der Waals surface area contributed by atoms with Crippen molar-refractivity contribution in [2.45, 2.75) is 37.6 Å². The SMILES string of the molecule is C=CCO[C@H]1O[C@H](COC(=O)c2ccccc2)[C@@H](O)[C@H](OC(=O)c2ccccc2)[C@@H]1OC(C)=O. The van der Waals surface area contributed by atoms with E-state index in [0.29, 0.717) is 5.56 Å². The average Bonchev–Trinajstić information content (AvgIpc) is 2.85. The van der Waals surface area contributed by atoms with Crippen molar-refractivity contribution in [2.24, 2.45) is 0 Å². The zero-order valence-electron chi connectivity index (χ0n) is 18.6. The molecule has 2 aromatic carbocycles.